The lowest BCUT2D eigenvalue weighted by molar-refractivity contribution is -0.142. The number of amides is 3. The number of carboxylic acid groups (broad SMARTS) is 1. The zero-order valence-corrected chi connectivity index (χ0v) is 20.0. The van der Waals surface area contributed by atoms with Crippen LogP contribution in [0, 0.1) is 5.92 Å². The van der Waals surface area contributed by atoms with E-state index in [9.17, 15) is 34.5 Å². The topological polar surface area (TPSA) is 220 Å². The number of hydrogen-bond acceptors (Lipinski definition) is 8. The number of carboxylic acids is 1. The van der Waals surface area contributed by atoms with E-state index in [0.29, 0.717) is 11.3 Å². The van der Waals surface area contributed by atoms with E-state index in [2.05, 4.69) is 25.9 Å². The predicted octanol–water partition coefficient (Wildman–Crippen LogP) is -1.58. The van der Waals surface area contributed by atoms with Crippen LogP contribution in [0.2, 0.25) is 0 Å². The van der Waals surface area contributed by atoms with E-state index in [-0.39, 0.29) is 18.6 Å². The Hall–Kier alpha value is -3.97. The van der Waals surface area contributed by atoms with Crippen LogP contribution in [0.3, 0.4) is 0 Å². The predicted molar refractivity (Wildman–Crippen MR) is 127 cm³/mol. The number of aromatic amines is 1. The molecule has 0 bridgehead atoms. The number of aromatic nitrogens is 2. The third kappa shape index (κ3) is 8.36. The zero-order valence-electron chi connectivity index (χ0n) is 20.0. The number of nitrogens with one attached hydrogen (secondary N) is 4. The molecule has 2 rings (SSSR count). The van der Waals surface area contributed by atoms with Crippen LogP contribution in [0.4, 0.5) is 0 Å². The maximum Gasteiger partial charge on any atom is 0.326 e. The standard InChI is InChI=1S/C23H32N6O7/c1-12(2)19(29-20(32)16(24)8-14-9-25-11-26-14)22(34)28-18(10-30)21(33)27-17(23(35)36)7-13-3-5-15(31)6-4-13/h3-6,9,11-12,16-19,30-31H,7-8,10,24H2,1-2H3,(H,25,26)(H,27,33)(H,28,34)(H,29,32)(H,35,36). The quantitative estimate of drug-likeness (QED) is 0.157. The fourth-order valence-corrected chi connectivity index (χ4v) is 3.32. The first-order chi connectivity index (χ1) is 17.0. The average molecular weight is 505 g/mol. The summed E-state index contributed by atoms with van der Waals surface area (Å²) in [4.78, 5) is 56.4. The summed E-state index contributed by atoms with van der Waals surface area (Å²) < 4.78 is 0. The second kappa shape index (κ2) is 13.2. The number of imidazole rings is 1. The van der Waals surface area contributed by atoms with Gasteiger partial charge in [-0.1, -0.05) is 26.0 Å². The van der Waals surface area contributed by atoms with Gasteiger partial charge in [-0.3, -0.25) is 14.4 Å². The summed E-state index contributed by atoms with van der Waals surface area (Å²) in [6.45, 7) is 2.55. The minimum atomic E-state index is -1.46. The minimum Gasteiger partial charge on any atom is -0.508 e. The van der Waals surface area contributed by atoms with Gasteiger partial charge in [-0.2, -0.15) is 0 Å². The molecule has 0 radical (unpaired) electrons. The van der Waals surface area contributed by atoms with Crippen LogP contribution in [-0.2, 0) is 32.0 Å². The van der Waals surface area contributed by atoms with E-state index >= 15 is 0 Å². The second-order valence-electron chi connectivity index (χ2n) is 8.63. The zero-order chi connectivity index (χ0) is 26.8. The summed E-state index contributed by atoms with van der Waals surface area (Å²) in [5.74, 6) is -3.96. The number of phenolic OH excluding ortho intramolecular Hbond substituents is 1. The first-order valence-electron chi connectivity index (χ1n) is 11.3. The molecule has 4 atom stereocenters. The third-order valence-corrected chi connectivity index (χ3v) is 5.38. The number of rotatable bonds is 13. The molecule has 0 saturated heterocycles. The van der Waals surface area contributed by atoms with Crippen LogP contribution in [0.1, 0.15) is 25.1 Å². The lowest BCUT2D eigenvalue weighted by Crippen LogP contribution is -2.59. The molecule has 9 N–H and O–H groups in total. The second-order valence-corrected chi connectivity index (χ2v) is 8.63. The highest BCUT2D eigenvalue weighted by Gasteiger charge is 2.31. The van der Waals surface area contributed by atoms with Gasteiger partial charge in [0, 0.05) is 24.7 Å². The molecule has 13 nitrogen and oxygen atoms in total. The molecule has 1 aromatic carbocycles. The van der Waals surface area contributed by atoms with Gasteiger partial charge in [0.15, 0.2) is 0 Å². The molecule has 36 heavy (non-hydrogen) atoms. The number of nitrogens with zero attached hydrogens (tertiary/aromatic N) is 1. The Morgan fingerprint density at radius 2 is 1.61 bits per heavy atom. The number of nitrogens with two attached hydrogens (primary N) is 1. The number of aromatic hydroxyl groups is 1. The highest BCUT2D eigenvalue weighted by molar-refractivity contribution is 5.94. The first-order valence-corrected chi connectivity index (χ1v) is 11.3. The molecule has 0 aliphatic heterocycles. The Morgan fingerprint density at radius 1 is 0.972 bits per heavy atom. The summed E-state index contributed by atoms with van der Waals surface area (Å²) >= 11 is 0. The van der Waals surface area contributed by atoms with E-state index in [1.54, 1.807) is 13.8 Å². The molecule has 3 amide bonds. The fourth-order valence-electron chi connectivity index (χ4n) is 3.32. The Morgan fingerprint density at radius 3 is 2.14 bits per heavy atom. The van der Waals surface area contributed by atoms with Gasteiger partial charge in [-0.15, -0.1) is 0 Å². The van der Waals surface area contributed by atoms with Crippen molar-refractivity contribution in [1.29, 1.82) is 0 Å². The van der Waals surface area contributed by atoms with Crippen LogP contribution in [0.5, 0.6) is 5.75 Å². The number of phenols is 1. The molecule has 0 saturated carbocycles. The summed E-state index contributed by atoms with van der Waals surface area (Å²) in [6, 6.07) is 0.935. The molecule has 4 unspecified atom stereocenters. The number of carbonyl (C=O) groups excluding carboxylic acids is 3. The third-order valence-electron chi connectivity index (χ3n) is 5.38. The lowest BCUT2D eigenvalue weighted by Gasteiger charge is -2.26. The normalized spacial score (nSPS) is 14.4. The first kappa shape index (κ1) is 28.3. The molecule has 13 heteroatoms. The Kier molecular flexibility index (Phi) is 10.4. The van der Waals surface area contributed by atoms with Gasteiger partial charge in [-0.05, 0) is 23.6 Å². The smallest absolute Gasteiger partial charge is 0.326 e. The summed E-state index contributed by atoms with van der Waals surface area (Å²) in [5, 5.41) is 35.8. The molecule has 1 aromatic heterocycles. The van der Waals surface area contributed by atoms with E-state index < -0.39 is 60.4 Å². The van der Waals surface area contributed by atoms with Gasteiger partial charge in [0.05, 0.1) is 19.0 Å². The van der Waals surface area contributed by atoms with Crippen molar-refractivity contribution < 1.29 is 34.5 Å². The molecular formula is C23H32N6O7. The van der Waals surface area contributed by atoms with Crippen molar-refractivity contribution >= 4 is 23.7 Å². The fraction of sp³-hybridized carbons (Fsp3) is 0.435. The van der Waals surface area contributed by atoms with Crippen molar-refractivity contribution in [2.75, 3.05) is 6.61 Å². The highest BCUT2D eigenvalue weighted by atomic mass is 16.4. The maximum atomic E-state index is 12.9. The maximum absolute atomic E-state index is 12.9. The molecule has 0 fully saturated rings. The van der Waals surface area contributed by atoms with Gasteiger partial charge in [0.25, 0.3) is 0 Å². The molecule has 196 valence electrons. The van der Waals surface area contributed by atoms with Crippen LogP contribution >= 0.6 is 0 Å². The van der Waals surface area contributed by atoms with Gasteiger partial charge >= 0.3 is 5.97 Å². The largest absolute Gasteiger partial charge is 0.508 e. The number of hydrogen-bond donors (Lipinski definition) is 8. The van der Waals surface area contributed by atoms with E-state index in [1.165, 1.54) is 36.8 Å². The van der Waals surface area contributed by atoms with Crippen molar-refractivity contribution in [3.63, 3.8) is 0 Å². The van der Waals surface area contributed by atoms with Crippen molar-refractivity contribution in [2.24, 2.45) is 11.7 Å². The van der Waals surface area contributed by atoms with Crippen LogP contribution < -0.4 is 21.7 Å². The molecule has 0 aliphatic carbocycles. The number of aliphatic hydroxyl groups is 1. The number of aliphatic carboxylic acids is 1. The van der Waals surface area contributed by atoms with Crippen LogP contribution in [0.15, 0.2) is 36.8 Å². The van der Waals surface area contributed by atoms with E-state index in [4.69, 9.17) is 5.73 Å². The SMILES string of the molecule is CC(C)C(NC(=O)C(N)Cc1cnc[nH]1)C(=O)NC(CO)C(=O)NC(Cc1ccc(O)cc1)C(=O)O. The number of H-pyrrole nitrogens is 1. The van der Waals surface area contributed by atoms with E-state index in [0.717, 1.165) is 0 Å². The Balaban J connectivity index is 2.01. The summed E-state index contributed by atoms with van der Waals surface area (Å²) in [6.07, 6.45) is 3.05. The Labute approximate surface area is 207 Å². The average Bonchev–Trinajstić information content (AvgIpc) is 3.34. The minimum absolute atomic E-state index is 0.00628. The molecule has 2 aromatic rings. The monoisotopic (exact) mass is 504 g/mol. The Bertz CT molecular complexity index is 1030. The number of benzene rings is 1. The highest BCUT2D eigenvalue weighted by Crippen LogP contribution is 2.12. The van der Waals surface area contributed by atoms with Crippen LogP contribution in [0.25, 0.3) is 0 Å². The van der Waals surface area contributed by atoms with Gasteiger partial charge in [-0.25, -0.2) is 9.78 Å². The van der Waals surface area contributed by atoms with Crippen molar-refractivity contribution in [1.82, 2.24) is 25.9 Å². The molecule has 1 heterocycles. The van der Waals surface area contributed by atoms with Gasteiger partial charge in [0.2, 0.25) is 17.7 Å². The van der Waals surface area contributed by atoms with Gasteiger partial charge < -0.3 is 42.0 Å². The van der Waals surface area contributed by atoms with Crippen molar-refractivity contribution in [3.8, 4) is 5.75 Å². The number of carbonyl (C=O) groups is 4. The summed E-state index contributed by atoms with van der Waals surface area (Å²) in [5.41, 5.74) is 7.10. The molecule has 0 spiro atoms. The van der Waals surface area contributed by atoms with Crippen molar-refractivity contribution in [3.05, 3.63) is 48.0 Å². The lowest BCUT2D eigenvalue weighted by atomic mass is 10.0. The number of aliphatic hydroxyl groups excluding tert-OH is 1. The summed E-state index contributed by atoms with van der Waals surface area (Å²) in [7, 11) is 0. The van der Waals surface area contributed by atoms with Gasteiger partial charge in [0.1, 0.15) is 23.9 Å². The van der Waals surface area contributed by atoms with E-state index in [1.807, 2.05) is 0 Å². The van der Waals surface area contributed by atoms with Crippen LogP contribution in [-0.4, -0.2) is 79.8 Å². The molecule has 0 aliphatic rings. The van der Waals surface area contributed by atoms with Crippen molar-refractivity contribution in [2.45, 2.75) is 50.9 Å². The molecular weight excluding hydrogens is 472 g/mol.